The second-order valence-corrected chi connectivity index (χ2v) is 4.59. The fraction of sp³-hybridized carbons (Fsp3) is 0.214. The predicted molar refractivity (Wildman–Crippen MR) is 76.2 cm³/mol. The Balaban J connectivity index is 2.49. The van der Waals surface area contributed by atoms with Crippen molar-refractivity contribution in [3.05, 3.63) is 35.4 Å². The van der Waals surface area contributed by atoms with Crippen molar-refractivity contribution < 1.29 is 0 Å². The summed E-state index contributed by atoms with van der Waals surface area (Å²) in [5.41, 5.74) is 7.55. The summed E-state index contributed by atoms with van der Waals surface area (Å²) in [6.45, 7) is 3.91. The molecule has 2 rings (SSSR count). The van der Waals surface area contributed by atoms with Gasteiger partial charge in [-0.2, -0.15) is 10.5 Å². The molecule has 0 radical (unpaired) electrons. The Morgan fingerprint density at radius 3 is 2.35 bits per heavy atom. The van der Waals surface area contributed by atoms with Crippen LogP contribution in [0.25, 0.3) is 5.69 Å². The first-order chi connectivity index (χ1) is 9.56. The van der Waals surface area contributed by atoms with Crippen LogP contribution in [0.1, 0.15) is 25.0 Å². The van der Waals surface area contributed by atoms with Crippen molar-refractivity contribution >= 4 is 11.6 Å². The second-order valence-electron chi connectivity index (χ2n) is 4.59. The summed E-state index contributed by atoms with van der Waals surface area (Å²) < 4.78 is 1.49. The van der Waals surface area contributed by atoms with Gasteiger partial charge in [0.25, 0.3) is 0 Å². The number of nitrogens with two attached hydrogens (primary N) is 1. The molecule has 0 saturated heterocycles. The highest BCUT2D eigenvalue weighted by Gasteiger charge is 2.16. The molecule has 1 aromatic heterocycles. The number of anilines is 2. The quantitative estimate of drug-likeness (QED) is 0.884. The highest BCUT2D eigenvalue weighted by molar-refractivity contribution is 5.66. The molecule has 0 fully saturated rings. The van der Waals surface area contributed by atoms with Crippen molar-refractivity contribution in [3.8, 4) is 17.8 Å². The van der Waals surface area contributed by atoms with Gasteiger partial charge in [0.05, 0.1) is 17.3 Å². The monoisotopic (exact) mass is 266 g/mol. The maximum atomic E-state index is 9.19. The van der Waals surface area contributed by atoms with Gasteiger partial charge in [-0.15, -0.1) is 5.10 Å². The van der Waals surface area contributed by atoms with E-state index in [1.165, 1.54) is 4.68 Å². The topological polar surface area (TPSA) is 103 Å². The molecule has 0 unspecified atom stereocenters. The summed E-state index contributed by atoms with van der Waals surface area (Å²) in [7, 11) is 0. The number of aromatic nitrogens is 2. The van der Waals surface area contributed by atoms with Crippen LogP contribution >= 0.6 is 0 Å². The standard InChI is InChI=1S/C14H14N6/c1-9(2)18-14-12(8-16)13(17)20(19-14)11-5-3-10(7-15)4-6-11/h3-6,9H,17H2,1-2H3,(H,18,19). The molecule has 6 heteroatoms. The molecule has 2 aromatic rings. The average molecular weight is 266 g/mol. The normalized spacial score (nSPS) is 10.1. The van der Waals surface area contributed by atoms with Crippen molar-refractivity contribution in [2.75, 3.05) is 11.1 Å². The Morgan fingerprint density at radius 1 is 1.20 bits per heavy atom. The number of hydrogen-bond donors (Lipinski definition) is 2. The minimum Gasteiger partial charge on any atom is -0.382 e. The molecule has 0 saturated carbocycles. The minimum atomic E-state index is 0.144. The molecule has 0 spiro atoms. The van der Waals surface area contributed by atoms with Gasteiger partial charge in [0.2, 0.25) is 0 Å². The summed E-state index contributed by atoms with van der Waals surface area (Å²) in [5, 5.41) is 25.4. The number of hydrogen-bond acceptors (Lipinski definition) is 5. The van der Waals surface area contributed by atoms with Gasteiger partial charge in [0, 0.05) is 6.04 Å². The Morgan fingerprint density at radius 2 is 1.85 bits per heavy atom. The SMILES string of the molecule is CC(C)Nc1nn(-c2ccc(C#N)cc2)c(N)c1C#N. The molecule has 0 aliphatic rings. The largest absolute Gasteiger partial charge is 0.382 e. The molecule has 3 N–H and O–H groups in total. The van der Waals surface area contributed by atoms with Gasteiger partial charge in [-0.25, -0.2) is 4.68 Å². The number of nitrogens with one attached hydrogen (secondary N) is 1. The van der Waals surface area contributed by atoms with Gasteiger partial charge in [-0.1, -0.05) is 0 Å². The van der Waals surface area contributed by atoms with Crippen LogP contribution in [0.3, 0.4) is 0 Å². The molecule has 0 aliphatic carbocycles. The van der Waals surface area contributed by atoms with Gasteiger partial charge in [0.1, 0.15) is 17.5 Å². The number of nitrogens with zero attached hydrogens (tertiary/aromatic N) is 4. The highest BCUT2D eigenvalue weighted by Crippen LogP contribution is 2.24. The van der Waals surface area contributed by atoms with Crippen LogP contribution in [0.4, 0.5) is 11.6 Å². The first-order valence-electron chi connectivity index (χ1n) is 6.12. The van der Waals surface area contributed by atoms with Crippen molar-refractivity contribution in [1.82, 2.24) is 9.78 Å². The van der Waals surface area contributed by atoms with E-state index in [4.69, 9.17) is 11.0 Å². The molecule has 6 nitrogen and oxygen atoms in total. The lowest BCUT2D eigenvalue weighted by Gasteiger charge is -2.06. The Hall–Kier alpha value is -2.99. The summed E-state index contributed by atoms with van der Waals surface area (Å²) in [6, 6.07) is 11.1. The summed E-state index contributed by atoms with van der Waals surface area (Å²) in [5.74, 6) is 0.740. The van der Waals surface area contributed by atoms with Gasteiger partial charge in [-0.05, 0) is 38.1 Å². The zero-order chi connectivity index (χ0) is 14.7. The molecule has 0 atom stereocenters. The molecule has 20 heavy (non-hydrogen) atoms. The first kappa shape index (κ1) is 13.4. The van der Waals surface area contributed by atoms with Crippen LogP contribution in [-0.2, 0) is 0 Å². The maximum absolute atomic E-state index is 9.19. The van der Waals surface area contributed by atoms with Crippen LogP contribution in [0, 0.1) is 22.7 Å². The lowest BCUT2D eigenvalue weighted by molar-refractivity contribution is 0.850. The molecule has 1 heterocycles. The van der Waals surface area contributed by atoms with E-state index in [1.54, 1.807) is 24.3 Å². The van der Waals surface area contributed by atoms with E-state index in [2.05, 4.69) is 16.5 Å². The first-order valence-corrected chi connectivity index (χ1v) is 6.12. The smallest absolute Gasteiger partial charge is 0.168 e. The average Bonchev–Trinajstić information content (AvgIpc) is 2.74. The van der Waals surface area contributed by atoms with Crippen LogP contribution in [0.15, 0.2) is 24.3 Å². The Kier molecular flexibility index (Phi) is 3.58. The maximum Gasteiger partial charge on any atom is 0.168 e. The van der Waals surface area contributed by atoms with Gasteiger partial charge in [-0.3, -0.25) is 0 Å². The van der Waals surface area contributed by atoms with Crippen molar-refractivity contribution in [2.45, 2.75) is 19.9 Å². The molecular formula is C14H14N6. The number of nitriles is 2. The summed E-state index contributed by atoms with van der Waals surface area (Å²) in [6.07, 6.45) is 0. The van der Waals surface area contributed by atoms with Crippen LogP contribution in [0.2, 0.25) is 0 Å². The van der Waals surface area contributed by atoms with E-state index in [1.807, 2.05) is 19.9 Å². The summed E-state index contributed by atoms with van der Waals surface area (Å²) in [4.78, 5) is 0. The van der Waals surface area contributed by atoms with E-state index in [-0.39, 0.29) is 11.9 Å². The molecule has 100 valence electrons. The zero-order valence-electron chi connectivity index (χ0n) is 11.3. The molecule has 0 aliphatic heterocycles. The predicted octanol–water partition coefficient (Wildman–Crippen LogP) is 2.02. The van der Waals surface area contributed by atoms with Crippen LogP contribution in [-0.4, -0.2) is 15.8 Å². The van der Waals surface area contributed by atoms with E-state index in [0.29, 0.717) is 22.6 Å². The molecule has 0 bridgehead atoms. The van der Waals surface area contributed by atoms with Crippen molar-refractivity contribution in [1.29, 1.82) is 10.5 Å². The third kappa shape index (κ3) is 2.40. The van der Waals surface area contributed by atoms with E-state index in [0.717, 1.165) is 0 Å². The Labute approximate surface area is 117 Å². The van der Waals surface area contributed by atoms with Crippen LogP contribution < -0.4 is 11.1 Å². The fourth-order valence-electron chi connectivity index (χ4n) is 1.79. The van der Waals surface area contributed by atoms with E-state index in [9.17, 15) is 5.26 Å². The highest BCUT2D eigenvalue weighted by atomic mass is 15.3. The second kappa shape index (κ2) is 5.33. The number of nitrogen functional groups attached to an aromatic ring is 1. The van der Waals surface area contributed by atoms with E-state index >= 15 is 0 Å². The third-order valence-corrected chi connectivity index (χ3v) is 2.70. The lowest BCUT2D eigenvalue weighted by Crippen LogP contribution is -2.11. The van der Waals surface area contributed by atoms with E-state index < -0.39 is 0 Å². The zero-order valence-corrected chi connectivity index (χ0v) is 11.3. The third-order valence-electron chi connectivity index (χ3n) is 2.70. The van der Waals surface area contributed by atoms with Gasteiger partial charge in [0.15, 0.2) is 5.82 Å². The van der Waals surface area contributed by atoms with Crippen LogP contribution in [0.5, 0.6) is 0 Å². The summed E-state index contributed by atoms with van der Waals surface area (Å²) >= 11 is 0. The number of benzene rings is 1. The minimum absolute atomic E-state index is 0.144. The number of rotatable bonds is 3. The fourth-order valence-corrected chi connectivity index (χ4v) is 1.79. The van der Waals surface area contributed by atoms with Crippen molar-refractivity contribution in [3.63, 3.8) is 0 Å². The molecule has 0 amide bonds. The lowest BCUT2D eigenvalue weighted by atomic mass is 10.2. The Bertz CT molecular complexity index is 697. The van der Waals surface area contributed by atoms with Gasteiger partial charge >= 0.3 is 0 Å². The molecule has 1 aromatic carbocycles. The molecular weight excluding hydrogens is 252 g/mol. The van der Waals surface area contributed by atoms with Gasteiger partial charge < -0.3 is 11.1 Å². The van der Waals surface area contributed by atoms with Crippen molar-refractivity contribution in [2.24, 2.45) is 0 Å².